The van der Waals surface area contributed by atoms with Crippen LogP contribution in [0.5, 0.6) is 0 Å². The predicted octanol–water partition coefficient (Wildman–Crippen LogP) is 2.64. The summed E-state index contributed by atoms with van der Waals surface area (Å²) < 4.78 is 5.47. The molecule has 0 saturated heterocycles. The number of fused-ring (bicyclic) bond motifs is 2. The van der Waals surface area contributed by atoms with Crippen LogP contribution >= 0.6 is 0 Å². The van der Waals surface area contributed by atoms with E-state index in [0.717, 1.165) is 31.4 Å². The van der Waals surface area contributed by atoms with Gasteiger partial charge in [-0.15, -0.1) is 0 Å². The zero-order chi connectivity index (χ0) is 12.6. The van der Waals surface area contributed by atoms with E-state index in [1.165, 1.54) is 0 Å². The summed E-state index contributed by atoms with van der Waals surface area (Å²) in [6.07, 6.45) is 5.47. The van der Waals surface area contributed by atoms with Gasteiger partial charge >= 0.3 is 5.97 Å². The second-order valence-electron chi connectivity index (χ2n) is 6.46. The number of aliphatic hydroxyl groups is 1. The molecule has 2 aliphatic carbocycles. The first-order valence-electron chi connectivity index (χ1n) is 6.45. The van der Waals surface area contributed by atoms with E-state index in [0.29, 0.717) is 11.8 Å². The minimum atomic E-state index is -0.451. The highest BCUT2D eigenvalue weighted by Gasteiger charge is 2.33. The maximum atomic E-state index is 11.8. The fraction of sp³-hybridized carbons (Fsp3) is 0.786. The molecule has 3 heteroatoms. The minimum absolute atomic E-state index is 0.163. The van der Waals surface area contributed by atoms with Crippen LogP contribution in [0.15, 0.2) is 11.8 Å². The van der Waals surface area contributed by atoms with Crippen LogP contribution in [-0.2, 0) is 9.53 Å². The molecule has 2 rings (SSSR count). The number of hydrogen-bond acceptors (Lipinski definition) is 3. The highest BCUT2D eigenvalue weighted by molar-refractivity contribution is 5.76. The average Bonchev–Trinajstić information content (AvgIpc) is 2.13. The minimum Gasteiger partial charge on any atom is -0.431 e. The highest BCUT2D eigenvalue weighted by atomic mass is 16.5. The smallest absolute Gasteiger partial charge is 0.316 e. The Balaban J connectivity index is 2.02. The number of esters is 1. The van der Waals surface area contributed by atoms with Gasteiger partial charge in [-0.25, -0.2) is 0 Å². The second-order valence-corrected chi connectivity index (χ2v) is 6.46. The van der Waals surface area contributed by atoms with Crippen molar-refractivity contribution in [3.63, 3.8) is 0 Å². The Bertz CT molecular complexity index is 338. The molecule has 0 aromatic rings. The van der Waals surface area contributed by atoms with E-state index in [1.54, 1.807) is 0 Å². The number of hydrogen-bond donors (Lipinski definition) is 1. The first-order chi connectivity index (χ1) is 7.84. The lowest BCUT2D eigenvalue weighted by atomic mass is 9.74. The van der Waals surface area contributed by atoms with Crippen molar-refractivity contribution in [1.29, 1.82) is 0 Å². The Labute approximate surface area is 103 Å². The van der Waals surface area contributed by atoms with Crippen LogP contribution in [-0.4, -0.2) is 17.2 Å². The summed E-state index contributed by atoms with van der Waals surface area (Å²) in [5.74, 6) is 1.53. The molecule has 0 heterocycles. The molecular weight excluding hydrogens is 216 g/mol. The Morgan fingerprint density at radius 2 is 2.06 bits per heavy atom. The third-order valence-corrected chi connectivity index (χ3v) is 3.56. The third kappa shape index (κ3) is 3.09. The van der Waals surface area contributed by atoms with Crippen molar-refractivity contribution in [1.82, 2.24) is 0 Å². The summed E-state index contributed by atoms with van der Waals surface area (Å²) in [6, 6.07) is 0. The number of rotatable bonds is 1. The molecule has 1 unspecified atom stereocenters. The average molecular weight is 238 g/mol. The molecular formula is C14H22O3. The van der Waals surface area contributed by atoms with E-state index in [1.807, 2.05) is 26.8 Å². The largest absolute Gasteiger partial charge is 0.431 e. The number of carbonyl (C=O) groups excluding carboxylic acids is 1. The van der Waals surface area contributed by atoms with Crippen LogP contribution in [0.1, 0.15) is 46.5 Å². The molecule has 1 saturated carbocycles. The molecule has 0 aromatic heterocycles. The number of ether oxygens (including phenoxy) is 1. The molecule has 0 radical (unpaired) electrons. The fourth-order valence-electron chi connectivity index (χ4n) is 2.72. The van der Waals surface area contributed by atoms with Crippen molar-refractivity contribution in [3.05, 3.63) is 11.8 Å². The lowest BCUT2D eigenvalue weighted by Gasteiger charge is -2.35. The van der Waals surface area contributed by atoms with Gasteiger partial charge in [0.2, 0.25) is 0 Å². The van der Waals surface area contributed by atoms with Crippen LogP contribution in [0.2, 0.25) is 0 Å². The summed E-state index contributed by atoms with van der Waals surface area (Å²) >= 11 is 0. The summed E-state index contributed by atoms with van der Waals surface area (Å²) in [4.78, 5) is 11.8. The number of carbonyl (C=O) groups is 1. The molecule has 3 atom stereocenters. The first-order valence-corrected chi connectivity index (χ1v) is 6.45. The highest BCUT2D eigenvalue weighted by Crippen LogP contribution is 2.39. The van der Waals surface area contributed by atoms with Crippen molar-refractivity contribution in [2.45, 2.75) is 52.6 Å². The molecule has 0 aromatic carbocycles. The topological polar surface area (TPSA) is 46.5 Å². The third-order valence-electron chi connectivity index (χ3n) is 3.56. The van der Waals surface area contributed by atoms with Gasteiger partial charge in [-0.3, -0.25) is 4.79 Å². The van der Waals surface area contributed by atoms with Gasteiger partial charge in [0.05, 0.1) is 11.5 Å². The molecule has 0 spiro atoms. The maximum Gasteiger partial charge on any atom is 0.316 e. The molecule has 17 heavy (non-hydrogen) atoms. The van der Waals surface area contributed by atoms with Crippen molar-refractivity contribution in [3.8, 4) is 0 Å². The van der Waals surface area contributed by atoms with Crippen LogP contribution < -0.4 is 0 Å². The lowest BCUT2D eigenvalue weighted by Crippen LogP contribution is -2.31. The Hall–Kier alpha value is -0.830. The molecule has 1 fully saturated rings. The maximum absolute atomic E-state index is 11.8. The number of allylic oxidation sites excluding steroid dienone is 2. The molecule has 96 valence electrons. The van der Waals surface area contributed by atoms with Crippen LogP contribution in [0.4, 0.5) is 0 Å². The zero-order valence-electron chi connectivity index (χ0n) is 10.9. The normalized spacial score (nSPS) is 32.9. The molecule has 2 aliphatic rings. The van der Waals surface area contributed by atoms with Crippen LogP contribution in [0, 0.1) is 17.3 Å². The van der Waals surface area contributed by atoms with Gasteiger partial charge in [-0.2, -0.15) is 0 Å². The van der Waals surface area contributed by atoms with E-state index in [-0.39, 0.29) is 12.1 Å². The standard InChI is InChI=1S/C14H22O3/c1-14(2,3)13(16)17-12-7-9-4-10(8-12)6-11(15)5-9/h7,9-11,15H,4-6,8H2,1-3H3/t9-,10+,11?/m0/s1. The molecule has 2 bridgehead atoms. The van der Waals surface area contributed by atoms with Gasteiger partial charge < -0.3 is 9.84 Å². The van der Waals surface area contributed by atoms with Crippen LogP contribution in [0.25, 0.3) is 0 Å². The summed E-state index contributed by atoms with van der Waals surface area (Å²) in [5, 5.41) is 9.68. The first kappa shape index (κ1) is 12.6. The predicted molar refractivity (Wildman–Crippen MR) is 65.1 cm³/mol. The van der Waals surface area contributed by atoms with E-state index >= 15 is 0 Å². The summed E-state index contributed by atoms with van der Waals surface area (Å²) in [5.41, 5.74) is -0.451. The van der Waals surface area contributed by atoms with E-state index in [9.17, 15) is 9.90 Å². The summed E-state index contributed by atoms with van der Waals surface area (Å²) in [6.45, 7) is 5.59. The second kappa shape index (κ2) is 4.45. The van der Waals surface area contributed by atoms with E-state index in [4.69, 9.17) is 4.74 Å². The quantitative estimate of drug-likeness (QED) is 0.714. The van der Waals surface area contributed by atoms with Gasteiger partial charge in [-0.1, -0.05) is 0 Å². The Morgan fingerprint density at radius 1 is 1.35 bits per heavy atom. The molecule has 3 nitrogen and oxygen atoms in total. The van der Waals surface area contributed by atoms with E-state index < -0.39 is 5.41 Å². The molecule has 0 aliphatic heterocycles. The lowest BCUT2D eigenvalue weighted by molar-refractivity contribution is -0.149. The van der Waals surface area contributed by atoms with E-state index in [2.05, 4.69) is 0 Å². The van der Waals surface area contributed by atoms with Gasteiger partial charge in [0, 0.05) is 6.42 Å². The zero-order valence-corrected chi connectivity index (χ0v) is 10.9. The fourth-order valence-corrected chi connectivity index (χ4v) is 2.72. The van der Waals surface area contributed by atoms with Gasteiger partial charge in [0.1, 0.15) is 5.76 Å². The molecule has 1 N–H and O–H groups in total. The SMILES string of the molecule is CC(C)(C)C(=O)OC1=C[C@@H]2CC(O)C[C@H](C1)C2. The van der Waals surface area contributed by atoms with Gasteiger partial charge in [0.15, 0.2) is 0 Å². The van der Waals surface area contributed by atoms with Crippen molar-refractivity contribution in [2.24, 2.45) is 17.3 Å². The van der Waals surface area contributed by atoms with Crippen molar-refractivity contribution < 1.29 is 14.6 Å². The van der Waals surface area contributed by atoms with Gasteiger partial charge in [-0.05, 0) is 57.9 Å². The number of aliphatic hydroxyl groups excluding tert-OH is 1. The Morgan fingerprint density at radius 3 is 2.65 bits per heavy atom. The van der Waals surface area contributed by atoms with Gasteiger partial charge in [0.25, 0.3) is 0 Å². The van der Waals surface area contributed by atoms with Crippen molar-refractivity contribution >= 4 is 5.97 Å². The Kier molecular flexibility index (Phi) is 3.30. The molecule has 0 amide bonds. The summed E-state index contributed by atoms with van der Waals surface area (Å²) in [7, 11) is 0. The van der Waals surface area contributed by atoms with Crippen LogP contribution in [0.3, 0.4) is 0 Å². The monoisotopic (exact) mass is 238 g/mol. The van der Waals surface area contributed by atoms with Crippen molar-refractivity contribution in [2.75, 3.05) is 0 Å².